The maximum absolute atomic E-state index is 12.7. The maximum Gasteiger partial charge on any atom is 0.283 e. The van der Waals surface area contributed by atoms with Crippen molar-refractivity contribution in [2.75, 3.05) is 0 Å². The molecule has 0 aliphatic heterocycles. The Morgan fingerprint density at radius 3 is 2.29 bits per heavy atom. The summed E-state index contributed by atoms with van der Waals surface area (Å²) in [4.78, 5) is 0. The van der Waals surface area contributed by atoms with Crippen molar-refractivity contribution in [2.45, 2.75) is 32.9 Å². The molecule has 0 N–H and O–H groups in total. The SMILES string of the molecule is CC.CCc1cccc(C(F)(F)P)c1. The van der Waals surface area contributed by atoms with E-state index in [0.717, 1.165) is 12.0 Å². The molecule has 1 aromatic carbocycles. The molecular formula is C11H17F2P. The molecule has 0 spiro atoms. The maximum atomic E-state index is 12.7. The number of benzene rings is 1. The second-order valence-corrected chi connectivity index (χ2v) is 3.40. The molecule has 0 aromatic heterocycles. The molecular weight excluding hydrogens is 201 g/mol. The summed E-state index contributed by atoms with van der Waals surface area (Å²) in [6, 6.07) is 6.48. The van der Waals surface area contributed by atoms with Crippen molar-refractivity contribution in [3.05, 3.63) is 35.4 Å². The van der Waals surface area contributed by atoms with E-state index in [2.05, 4.69) is 0 Å². The smallest absolute Gasteiger partial charge is 0.197 e. The van der Waals surface area contributed by atoms with Gasteiger partial charge >= 0.3 is 0 Å². The monoisotopic (exact) mass is 218 g/mol. The third-order valence-electron chi connectivity index (χ3n) is 1.72. The molecule has 1 atom stereocenters. The molecule has 0 heterocycles. The van der Waals surface area contributed by atoms with Crippen molar-refractivity contribution < 1.29 is 8.78 Å². The van der Waals surface area contributed by atoms with Crippen molar-refractivity contribution in [1.29, 1.82) is 0 Å². The third-order valence-corrected chi connectivity index (χ3v) is 2.05. The highest BCUT2D eigenvalue weighted by Crippen LogP contribution is 2.34. The Hall–Kier alpha value is -0.490. The lowest BCUT2D eigenvalue weighted by molar-refractivity contribution is 0.104. The molecule has 0 aliphatic carbocycles. The van der Waals surface area contributed by atoms with Crippen LogP contribution in [0.25, 0.3) is 0 Å². The molecule has 1 aromatic rings. The average Bonchev–Trinajstić information content (AvgIpc) is 2.20. The molecule has 3 heteroatoms. The van der Waals surface area contributed by atoms with Gasteiger partial charge in [0.1, 0.15) is 0 Å². The second kappa shape index (κ2) is 6.08. The minimum absolute atomic E-state index is 0.0619. The molecule has 0 saturated heterocycles. The van der Waals surface area contributed by atoms with E-state index in [4.69, 9.17) is 0 Å². The summed E-state index contributed by atoms with van der Waals surface area (Å²) in [6.07, 6.45) is 0.786. The minimum atomic E-state index is -2.80. The van der Waals surface area contributed by atoms with Crippen molar-refractivity contribution in [1.82, 2.24) is 0 Å². The van der Waals surface area contributed by atoms with Crippen LogP contribution < -0.4 is 0 Å². The zero-order valence-corrected chi connectivity index (χ0v) is 10.0. The number of rotatable bonds is 2. The second-order valence-electron chi connectivity index (χ2n) is 2.68. The van der Waals surface area contributed by atoms with Crippen LogP contribution in [0.1, 0.15) is 31.9 Å². The predicted octanol–water partition coefficient (Wildman–Crippen LogP) is 4.20. The van der Waals surface area contributed by atoms with Crippen LogP contribution in [0.2, 0.25) is 0 Å². The number of aryl methyl sites for hydroxylation is 1. The lowest BCUT2D eigenvalue weighted by Crippen LogP contribution is -2.02. The Kier molecular flexibility index (Phi) is 5.87. The van der Waals surface area contributed by atoms with Crippen LogP contribution in [0, 0.1) is 0 Å². The normalized spacial score (nSPS) is 10.4. The highest BCUT2D eigenvalue weighted by Gasteiger charge is 2.23. The lowest BCUT2D eigenvalue weighted by atomic mass is 10.1. The average molecular weight is 218 g/mol. The summed E-state index contributed by atoms with van der Waals surface area (Å²) in [7, 11) is 1.54. The van der Waals surface area contributed by atoms with E-state index in [9.17, 15) is 8.78 Å². The Morgan fingerprint density at radius 1 is 1.29 bits per heavy atom. The van der Waals surface area contributed by atoms with Crippen LogP contribution >= 0.6 is 9.24 Å². The van der Waals surface area contributed by atoms with E-state index in [1.54, 1.807) is 6.07 Å². The van der Waals surface area contributed by atoms with Gasteiger partial charge in [-0.25, -0.2) is 0 Å². The fourth-order valence-electron chi connectivity index (χ4n) is 0.999. The highest BCUT2D eigenvalue weighted by molar-refractivity contribution is 7.17. The molecule has 0 amide bonds. The van der Waals surface area contributed by atoms with Crippen molar-refractivity contribution in [3.8, 4) is 0 Å². The molecule has 1 unspecified atom stereocenters. The van der Waals surface area contributed by atoms with Gasteiger partial charge in [-0.3, -0.25) is 0 Å². The van der Waals surface area contributed by atoms with Gasteiger partial charge in [0.2, 0.25) is 0 Å². The lowest BCUT2D eigenvalue weighted by Gasteiger charge is -2.10. The zero-order chi connectivity index (χ0) is 11.2. The molecule has 0 aliphatic rings. The van der Waals surface area contributed by atoms with Crippen LogP contribution in [0.3, 0.4) is 0 Å². The summed E-state index contributed by atoms with van der Waals surface area (Å²) in [5.41, 5.74) is -1.80. The van der Waals surface area contributed by atoms with E-state index in [0.29, 0.717) is 0 Å². The van der Waals surface area contributed by atoms with Crippen LogP contribution in [0.4, 0.5) is 8.78 Å². The largest absolute Gasteiger partial charge is 0.283 e. The van der Waals surface area contributed by atoms with Gasteiger partial charge in [0.05, 0.1) is 0 Å². The first-order chi connectivity index (χ1) is 6.54. The predicted molar refractivity (Wildman–Crippen MR) is 60.8 cm³/mol. The Labute approximate surface area is 86.9 Å². The quantitative estimate of drug-likeness (QED) is 0.652. The number of alkyl halides is 2. The fraction of sp³-hybridized carbons (Fsp3) is 0.455. The van der Waals surface area contributed by atoms with Crippen LogP contribution in [-0.2, 0) is 12.1 Å². The number of halogens is 2. The van der Waals surface area contributed by atoms with Gasteiger partial charge in [0.25, 0.3) is 5.66 Å². The van der Waals surface area contributed by atoms with Crippen molar-refractivity contribution in [3.63, 3.8) is 0 Å². The number of hydrogen-bond acceptors (Lipinski definition) is 0. The van der Waals surface area contributed by atoms with Gasteiger partial charge in [0.15, 0.2) is 0 Å². The van der Waals surface area contributed by atoms with Gasteiger partial charge in [0, 0.05) is 5.56 Å². The van der Waals surface area contributed by atoms with E-state index in [1.807, 2.05) is 26.8 Å². The molecule has 0 radical (unpaired) electrons. The third kappa shape index (κ3) is 4.15. The van der Waals surface area contributed by atoms with E-state index >= 15 is 0 Å². The Bertz CT molecular complexity index is 266. The molecule has 0 nitrogen and oxygen atoms in total. The molecule has 1 rings (SSSR count). The zero-order valence-electron chi connectivity index (χ0n) is 8.85. The number of hydrogen-bond donors (Lipinski definition) is 0. The summed E-state index contributed by atoms with van der Waals surface area (Å²) in [5.74, 6) is 0. The van der Waals surface area contributed by atoms with Crippen molar-refractivity contribution in [2.24, 2.45) is 0 Å². The van der Waals surface area contributed by atoms with Crippen molar-refractivity contribution >= 4 is 9.24 Å². The van der Waals surface area contributed by atoms with E-state index in [-0.39, 0.29) is 5.56 Å². The first-order valence-electron chi connectivity index (χ1n) is 4.80. The van der Waals surface area contributed by atoms with E-state index in [1.165, 1.54) is 21.4 Å². The molecule has 14 heavy (non-hydrogen) atoms. The molecule has 0 saturated carbocycles. The van der Waals surface area contributed by atoms with Crippen LogP contribution in [0.5, 0.6) is 0 Å². The van der Waals surface area contributed by atoms with Gasteiger partial charge in [-0.2, -0.15) is 8.78 Å². The van der Waals surface area contributed by atoms with Gasteiger partial charge in [-0.05, 0) is 18.1 Å². The van der Waals surface area contributed by atoms with Gasteiger partial charge in [-0.15, -0.1) is 0 Å². The topological polar surface area (TPSA) is 0 Å². The highest BCUT2D eigenvalue weighted by atomic mass is 31.0. The first kappa shape index (κ1) is 13.5. The fourth-order valence-corrected chi connectivity index (χ4v) is 1.18. The van der Waals surface area contributed by atoms with Gasteiger partial charge in [-0.1, -0.05) is 48.2 Å². The van der Waals surface area contributed by atoms with Crippen LogP contribution in [0.15, 0.2) is 24.3 Å². The summed E-state index contributed by atoms with van der Waals surface area (Å²) in [5, 5.41) is 0. The van der Waals surface area contributed by atoms with E-state index < -0.39 is 5.66 Å². The summed E-state index contributed by atoms with van der Waals surface area (Å²) < 4.78 is 25.5. The first-order valence-corrected chi connectivity index (χ1v) is 5.38. The van der Waals surface area contributed by atoms with Gasteiger partial charge < -0.3 is 0 Å². The molecule has 80 valence electrons. The molecule has 0 bridgehead atoms. The Balaban J connectivity index is 0.000000791. The van der Waals surface area contributed by atoms with Crippen LogP contribution in [-0.4, -0.2) is 0 Å². The Morgan fingerprint density at radius 2 is 1.86 bits per heavy atom. The minimum Gasteiger partial charge on any atom is -0.197 e. The summed E-state index contributed by atoms with van der Waals surface area (Å²) >= 11 is 0. The molecule has 0 fully saturated rings. The standard InChI is InChI=1S/C9H11F2P.C2H6/c1-2-7-4-3-5-8(6-7)9(10,11)12;1-2/h3-6H,2,12H2,1H3;1-2H3. The summed E-state index contributed by atoms with van der Waals surface area (Å²) in [6.45, 7) is 5.94.